The number of nitrogens with one attached hydrogen (secondary N) is 2. The molecule has 2 N–H and O–H groups in total. The minimum absolute atomic E-state index is 0.126. The summed E-state index contributed by atoms with van der Waals surface area (Å²) in [5.41, 5.74) is 4.97. The molecule has 1 unspecified atom stereocenters. The van der Waals surface area contributed by atoms with E-state index in [1.807, 2.05) is 18.3 Å². The molecule has 0 radical (unpaired) electrons. The second-order valence-electron chi connectivity index (χ2n) is 7.41. The zero-order valence-corrected chi connectivity index (χ0v) is 17.3. The van der Waals surface area contributed by atoms with E-state index in [0.29, 0.717) is 17.2 Å². The Morgan fingerprint density at radius 1 is 1.14 bits per heavy atom. The molecule has 1 saturated heterocycles. The molecule has 3 heterocycles. The third-order valence-corrected chi connectivity index (χ3v) is 5.70. The number of hydrogen-bond acceptors (Lipinski definition) is 6. The maximum absolute atomic E-state index is 5.47. The maximum Gasteiger partial charge on any atom is 0.203 e. The number of rotatable bonds is 6. The van der Waals surface area contributed by atoms with Crippen LogP contribution in [0.5, 0.6) is 17.2 Å². The van der Waals surface area contributed by atoms with Gasteiger partial charge in [-0.15, -0.1) is 0 Å². The van der Waals surface area contributed by atoms with Gasteiger partial charge in [-0.05, 0) is 44.0 Å². The van der Waals surface area contributed by atoms with Crippen LogP contribution in [0.4, 0.5) is 0 Å². The highest BCUT2D eigenvalue weighted by atomic mass is 16.5. The second-order valence-corrected chi connectivity index (χ2v) is 7.41. The van der Waals surface area contributed by atoms with E-state index >= 15 is 0 Å². The predicted molar refractivity (Wildman–Crippen MR) is 114 cm³/mol. The van der Waals surface area contributed by atoms with Crippen molar-refractivity contribution < 1.29 is 14.2 Å². The summed E-state index contributed by atoms with van der Waals surface area (Å²) in [5, 5.41) is 3.57. The molecule has 29 heavy (non-hydrogen) atoms. The van der Waals surface area contributed by atoms with Crippen LogP contribution in [0.25, 0.3) is 28.0 Å². The number of nitrogens with zero attached hydrogens (tertiary/aromatic N) is 2. The van der Waals surface area contributed by atoms with E-state index < -0.39 is 0 Å². The van der Waals surface area contributed by atoms with Crippen molar-refractivity contribution >= 4 is 16.7 Å². The molecule has 1 aliphatic rings. The van der Waals surface area contributed by atoms with E-state index in [9.17, 15) is 0 Å². The molecule has 0 aliphatic carbocycles. The van der Waals surface area contributed by atoms with Crippen LogP contribution in [0.2, 0.25) is 0 Å². The Morgan fingerprint density at radius 3 is 2.45 bits per heavy atom. The summed E-state index contributed by atoms with van der Waals surface area (Å²) in [6.07, 6.45) is 5.87. The SMILES string of the molecule is C=C(c1c[nH]c2ncc(-c3cc(OC)c(OC)c(OC)c3)nc12)C1(C)CCCN1. The Bertz CT molecular complexity index is 1040. The van der Waals surface area contributed by atoms with Gasteiger partial charge in [0.2, 0.25) is 5.75 Å². The van der Waals surface area contributed by atoms with Crippen molar-refractivity contribution in [1.82, 2.24) is 20.3 Å². The molecule has 0 bridgehead atoms. The average molecular weight is 394 g/mol. The molecular weight excluding hydrogens is 368 g/mol. The van der Waals surface area contributed by atoms with Crippen molar-refractivity contribution in [3.8, 4) is 28.5 Å². The molecule has 4 rings (SSSR count). The van der Waals surface area contributed by atoms with Gasteiger partial charge < -0.3 is 24.5 Å². The molecule has 2 aromatic heterocycles. The molecule has 7 heteroatoms. The molecule has 0 saturated carbocycles. The fraction of sp³-hybridized carbons (Fsp3) is 0.364. The fourth-order valence-electron chi connectivity index (χ4n) is 3.94. The Balaban J connectivity index is 1.81. The lowest BCUT2D eigenvalue weighted by molar-refractivity contribution is 0.324. The summed E-state index contributed by atoms with van der Waals surface area (Å²) >= 11 is 0. The van der Waals surface area contributed by atoms with Gasteiger partial charge in [0.15, 0.2) is 17.1 Å². The first-order chi connectivity index (χ1) is 14.0. The lowest BCUT2D eigenvalue weighted by Crippen LogP contribution is -2.36. The van der Waals surface area contributed by atoms with Crippen LogP contribution >= 0.6 is 0 Å². The number of ether oxygens (including phenoxy) is 3. The quantitative estimate of drug-likeness (QED) is 0.662. The first-order valence-electron chi connectivity index (χ1n) is 9.60. The molecule has 3 aromatic rings. The van der Waals surface area contributed by atoms with Gasteiger partial charge in [-0.1, -0.05) is 6.58 Å². The Kier molecular flexibility index (Phi) is 4.92. The number of methoxy groups -OCH3 is 3. The van der Waals surface area contributed by atoms with Gasteiger partial charge in [-0.3, -0.25) is 0 Å². The number of hydrogen-bond donors (Lipinski definition) is 2. The van der Waals surface area contributed by atoms with Gasteiger partial charge >= 0.3 is 0 Å². The summed E-state index contributed by atoms with van der Waals surface area (Å²) in [4.78, 5) is 12.7. The smallest absolute Gasteiger partial charge is 0.203 e. The van der Waals surface area contributed by atoms with Crippen molar-refractivity contribution in [2.45, 2.75) is 25.3 Å². The summed E-state index contributed by atoms with van der Waals surface area (Å²) in [6.45, 7) is 7.57. The molecule has 1 aliphatic heterocycles. The van der Waals surface area contributed by atoms with E-state index in [1.54, 1.807) is 27.5 Å². The summed E-state index contributed by atoms with van der Waals surface area (Å²) in [6, 6.07) is 3.75. The minimum atomic E-state index is -0.126. The van der Waals surface area contributed by atoms with Crippen molar-refractivity contribution in [3.05, 3.63) is 36.7 Å². The second kappa shape index (κ2) is 7.40. The summed E-state index contributed by atoms with van der Waals surface area (Å²) in [7, 11) is 4.78. The van der Waals surface area contributed by atoms with Crippen molar-refractivity contribution in [1.29, 1.82) is 0 Å². The molecule has 7 nitrogen and oxygen atoms in total. The zero-order chi connectivity index (χ0) is 20.6. The van der Waals surface area contributed by atoms with Crippen LogP contribution in [0, 0.1) is 0 Å². The van der Waals surface area contributed by atoms with Crippen LogP contribution in [-0.4, -0.2) is 48.4 Å². The highest BCUT2D eigenvalue weighted by Crippen LogP contribution is 2.41. The third-order valence-electron chi connectivity index (χ3n) is 5.70. The lowest BCUT2D eigenvalue weighted by atomic mass is 9.87. The molecular formula is C22H26N4O3. The maximum atomic E-state index is 5.47. The van der Waals surface area contributed by atoms with E-state index in [-0.39, 0.29) is 5.54 Å². The van der Waals surface area contributed by atoms with Crippen molar-refractivity contribution in [2.24, 2.45) is 0 Å². The van der Waals surface area contributed by atoms with Crippen LogP contribution < -0.4 is 19.5 Å². The molecule has 1 aromatic carbocycles. The summed E-state index contributed by atoms with van der Waals surface area (Å²) < 4.78 is 16.4. The summed E-state index contributed by atoms with van der Waals surface area (Å²) in [5.74, 6) is 1.69. The highest BCUT2D eigenvalue weighted by Gasteiger charge is 2.33. The van der Waals surface area contributed by atoms with Gasteiger partial charge in [0.05, 0.1) is 33.2 Å². The van der Waals surface area contributed by atoms with Crippen LogP contribution in [0.1, 0.15) is 25.3 Å². The van der Waals surface area contributed by atoms with Gasteiger partial charge in [0.1, 0.15) is 5.52 Å². The molecule has 1 atom stereocenters. The van der Waals surface area contributed by atoms with Gasteiger partial charge in [0.25, 0.3) is 0 Å². The van der Waals surface area contributed by atoms with E-state index in [1.165, 1.54) is 0 Å². The lowest BCUT2D eigenvalue weighted by Gasteiger charge is -2.26. The van der Waals surface area contributed by atoms with Gasteiger partial charge in [-0.25, -0.2) is 9.97 Å². The number of fused-ring (bicyclic) bond motifs is 1. The molecule has 0 amide bonds. The normalized spacial score (nSPS) is 18.8. The highest BCUT2D eigenvalue weighted by molar-refractivity contribution is 5.90. The third kappa shape index (κ3) is 3.21. The fourth-order valence-corrected chi connectivity index (χ4v) is 3.94. The van der Waals surface area contributed by atoms with Crippen molar-refractivity contribution in [2.75, 3.05) is 27.9 Å². The first-order valence-corrected chi connectivity index (χ1v) is 9.60. The predicted octanol–water partition coefficient (Wildman–Crippen LogP) is 3.81. The van der Waals surface area contributed by atoms with Crippen molar-refractivity contribution in [3.63, 3.8) is 0 Å². The van der Waals surface area contributed by atoms with E-state index in [0.717, 1.165) is 52.9 Å². The standard InChI is InChI=1S/C22H26N4O3/c1-13(22(2)7-6-8-25-22)15-11-23-21-19(15)26-16(12-24-21)14-9-17(27-3)20(29-5)18(10-14)28-4/h9-12,25H,1,6-8H2,2-5H3,(H,23,24). The average Bonchev–Trinajstić information content (AvgIpc) is 3.38. The Morgan fingerprint density at radius 2 is 1.86 bits per heavy atom. The first kappa shape index (κ1) is 19.3. The monoisotopic (exact) mass is 394 g/mol. The number of H-pyrrole nitrogens is 1. The van der Waals surface area contributed by atoms with Crippen LogP contribution in [0.3, 0.4) is 0 Å². The zero-order valence-electron chi connectivity index (χ0n) is 17.3. The molecule has 1 fully saturated rings. The van der Waals surface area contributed by atoms with Crippen LogP contribution in [-0.2, 0) is 0 Å². The van der Waals surface area contributed by atoms with Gasteiger partial charge in [-0.2, -0.15) is 0 Å². The largest absolute Gasteiger partial charge is 0.493 e. The molecule has 152 valence electrons. The minimum Gasteiger partial charge on any atom is -0.493 e. The number of aromatic nitrogens is 3. The Labute approximate surface area is 170 Å². The number of aromatic amines is 1. The van der Waals surface area contributed by atoms with Crippen LogP contribution in [0.15, 0.2) is 31.1 Å². The number of benzene rings is 1. The van der Waals surface area contributed by atoms with E-state index in [4.69, 9.17) is 19.2 Å². The topological polar surface area (TPSA) is 81.3 Å². The van der Waals surface area contributed by atoms with E-state index in [2.05, 4.69) is 28.8 Å². The molecule has 0 spiro atoms. The van der Waals surface area contributed by atoms with Gasteiger partial charge in [0, 0.05) is 22.9 Å². The Hall–Kier alpha value is -3.06.